The number of halogens is 2. The molecule has 0 aromatic heterocycles. The van der Waals surface area contributed by atoms with Crippen LogP contribution >= 0.6 is 0 Å². The summed E-state index contributed by atoms with van der Waals surface area (Å²) < 4.78 is 29.3. The molecule has 0 unspecified atom stereocenters. The van der Waals surface area contributed by atoms with Gasteiger partial charge in [-0.3, -0.25) is 0 Å². The fourth-order valence-electron chi connectivity index (χ4n) is 1.41. The summed E-state index contributed by atoms with van der Waals surface area (Å²) in [5.41, 5.74) is 0.657. The Hall–Kier alpha value is -0.970. The van der Waals surface area contributed by atoms with Crippen LogP contribution in [0.15, 0.2) is 11.8 Å². The van der Waals surface area contributed by atoms with E-state index in [9.17, 15) is 8.78 Å². The molecule has 0 aromatic rings. The summed E-state index contributed by atoms with van der Waals surface area (Å²) in [4.78, 5) is 0. The molecule has 2 N–H and O–H groups in total. The van der Waals surface area contributed by atoms with Crippen molar-refractivity contribution in [1.29, 1.82) is 5.41 Å². The van der Waals surface area contributed by atoms with Gasteiger partial charge in [0, 0.05) is 11.9 Å². The first-order valence-electron chi connectivity index (χ1n) is 5.40. The molecule has 0 saturated carbocycles. The van der Waals surface area contributed by atoms with Crippen LogP contribution in [0.5, 0.6) is 0 Å². The number of ether oxygens (including phenoxy) is 1. The first-order valence-corrected chi connectivity index (χ1v) is 5.40. The zero-order valence-corrected chi connectivity index (χ0v) is 9.59. The van der Waals surface area contributed by atoms with Gasteiger partial charge in [-0.2, -0.15) is 0 Å². The number of nitrogens with one attached hydrogen (secondary N) is 2. The Morgan fingerprint density at radius 3 is 2.50 bits per heavy atom. The van der Waals surface area contributed by atoms with Crippen molar-refractivity contribution in [1.82, 2.24) is 5.32 Å². The third-order valence-electron chi connectivity index (χ3n) is 2.44. The smallest absolute Gasteiger partial charge is 0.244 e. The molecule has 0 radical (unpaired) electrons. The summed E-state index contributed by atoms with van der Waals surface area (Å²) >= 11 is 0. The van der Waals surface area contributed by atoms with E-state index in [1.165, 1.54) is 0 Å². The van der Waals surface area contributed by atoms with Gasteiger partial charge in [0.1, 0.15) is 0 Å². The maximum absolute atomic E-state index is 12.2. The quantitative estimate of drug-likeness (QED) is 0.689. The van der Waals surface area contributed by atoms with Crippen LogP contribution in [-0.4, -0.2) is 31.4 Å². The van der Waals surface area contributed by atoms with E-state index in [1.54, 1.807) is 6.20 Å². The van der Waals surface area contributed by atoms with Crippen LogP contribution in [0, 0.1) is 11.3 Å². The summed E-state index contributed by atoms with van der Waals surface area (Å²) in [6, 6.07) is 0.257. The minimum atomic E-state index is -2.46. The maximum atomic E-state index is 12.2. The molecule has 1 rings (SSSR count). The molecule has 0 atom stereocenters. The van der Waals surface area contributed by atoms with Crippen molar-refractivity contribution in [3.63, 3.8) is 0 Å². The topological polar surface area (TPSA) is 45.1 Å². The Balaban J connectivity index is 2.54. The third-order valence-corrected chi connectivity index (χ3v) is 2.44. The molecule has 0 spiro atoms. The van der Waals surface area contributed by atoms with E-state index in [0.29, 0.717) is 18.8 Å². The molecule has 92 valence electrons. The summed E-state index contributed by atoms with van der Waals surface area (Å²) in [7, 11) is 0. The van der Waals surface area contributed by atoms with Crippen molar-refractivity contribution in [2.45, 2.75) is 32.7 Å². The maximum Gasteiger partial charge on any atom is 0.244 e. The van der Waals surface area contributed by atoms with E-state index in [1.807, 2.05) is 13.8 Å². The molecule has 0 aromatic carbocycles. The molecule has 5 heteroatoms. The predicted molar refractivity (Wildman–Crippen MR) is 59.0 cm³/mol. The van der Waals surface area contributed by atoms with E-state index in [4.69, 9.17) is 10.1 Å². The highest BCUT2D eigenvalue weighted by Gasteiger charge is 2.18. The van der Waals surface area contributed by atoms with Crippen molar-refractivity contribution in [3.8, 4) is 0 Å². The molecule has 0 aliphatic carbocycles. The van der Waals surface area contributed by atoms with Gasteiger partial charge in [-0.15, -0.1) is 0 Å². The second kappa shape index (κ2) is 5.94. The Bertz CT molecular complexity index is 273. The zero-order chi connectivity index (χ0) is 12.1. The molecule has 1 heterocycles. The molecule has 1 fully saturated rings. The fourth-order valence-corrected chi connectivity index (χ4v) is 1.41. The predicted octanol–water partition coefficient (Wildman–Crippen LogP) is 2.19. The highest BCUT2D eigenvalue weighted by molar-refractivity contribution is 5.98. The van der Waals surface area contributed by atoms with E-state index < -0.39 is 12.8 Å². The van der Waals surface area contributed by atoms with Crippen molar-refractivity contribution in [2.75, 3.05) is 13.2 Å². The summed E-state index contributed by atoms with van der Waals surface area (Å²) in [6.45, 7) is 5.07. The van der Waals surface area contributed by atoms with Crippen LogP contribution in [-0.2, 0) is 4.74 Å². The minimum Gasteiger partial charge on any atom is -0.383 e. The van der Waals surface area contributed by atoms with Gasteiger partial charge in [0.15, 0.2) is 0 Å². The van der Waals surface area contributed by atoms with Gasteiger partial charge in [0.2, 0.25) is 6.43 Å². The van der Waals surface area contributed by atoms with Crippen LogP contribution in [0.1, 0.15) is 20.3 Å². The Labute approximate surface area is 94.4 Å². The molecule has 3 nitrogen and oxygen atoms in total. The van der Waals surface area contributed by atoms with Crippen LogP contribution in [0.3, 0.4) is 0 Å². The van der Waals surface area contributed by atoms with E-state index in [-0.39, 0.29) is 17.7 Å². The first kappa shape index (κ1) is 13.1. The van der Waals surface area contributed by atoms with Gasteiger partial charge < -0.3 is 15.5 Å². The normalized spacial score (nSPS) is 17.8. The lowest BCUT2D eigenvalue weighted by molar-refractivity contribution is 0.000663. The van der Waals surface area contributed by atoms with Crippen molar-refractivity contribution >= 4 is 5.71 Å². The van der Waals surface area contributed by atoms with Crippen molar-refractivity contribution in [3.05, 3.63) is 11.8 Å². The van der Waals surface area contributed by atoms with Gasteiger partial charge in [-0.05, 0) is 11.5 Å². The number of rotatable bonds is 6. The number of hydrogen-bond acceptors (Lipinski definition) is 3. The largest absolute Gasteiger partial charge is 0.383 e. The fraction of sp³-hybridized carbons (Fsp3) is 0.727. The molecule has 0 bridgehead atoms. The van der Waals surface area contributed by atoms with Crippen LogP contribution in [0.25, 0.3) is 0 Å². The minimum absolute atomic E-state index is 0.0118. The lowest BCUT2D eigenvalue weighted by Gasteiger charge is -2.27. The third kappa shape index (κ3) is 3.89. The number of allylic oxidation sites excluding steroid dienone is 1. The molecule has 1 aliphatic rings. The second-order valence-corrected chi connectivity index (χ2v) is 4.23. The first-order chi connectivity index (χ1) is 7.50. The lowest BCUT2D eigenvalue weighted by Crippen LogP contribution is -2.43. The summed E-state index contributed by atoms with van der Waals surface area (Å²) in [5, 5.41) is 10.7. The molecule has 16 heavy (non-hydrogen) atoms. The number of hydrogen-bond donors (Lipinski definition) is 2. The van der Waals surface area contributed by atoms with E-state index in [0.717, 1.165) is 0 Å². The lowest BCUT2D eigenvalue weighted by atomic mass is 9.97. The van der Waals surface area contributed by atoms with E-state index >= 15 is 0 Å². The molecular weight excluding hydrogens is 214 g/mol. The summed E-state index contributed by atoms with van der Waals surface area (Å²) in [5.74, 6) is 0.0692. The van der Waals surface area contributed by atoms with Gasteiger partial charge in [0.05, 0.1) is 25.7 Å². The van der Waals surface area contributed by atoms with Gasteiger partial charge in [0.25, 0.3) is 0 Å². The molecule has 1 aliphatic heterocycles. The highest BCUT2D eigenvalue weighted by atomic mass is 19.3. The Morgan fingerprint density at radius 2 is 2.12 bits per heavy atom. The summed E-state index contributed by atoms with van der Waals surface area (Å²) in [6.07, 6.45) is -1.25. The Kier molecular flexibility index (Phi) is 4.86. The standard InChI is InChI=1S/C11H18F2N2O/c1-7(2)9(10(14)3-11(12)13)4-15-8-5-16-6-8/h4,7-8,11,14-15H,3,5-6H2,1-2H3/b9-4-,14-10?. The Morgan fingerprint density at radius 1 is 1.50 bits per heavy atom. The van der Waals surface area contributed by atoms with Crippen LogP contribution in [0.2, 0.25) is 0 Å². The monoisotopic (exact) mass is 232 g/mol. The van der Waals surface area contributed by atoms with Crippen LogP contribution in [0.4, 0.5) is 8.78 Å². The molecular formula is C11H18F2N2O. The average Bonchev–Trinajstić information content (AvgIpc) is 2.06. The second-order valence-electron chi connectivity index (χ2n) is 4.23. The number of alkyl halides is 2. The van der Waals surface area contributed by atoms with Crippen molar-refractivity contribution < 1.29 is 13.5 Å². The average molecular weight is 232 g/mol. The van der Waals surface area contributed by atoms with Gasteiger partial charge in [-0.25, -0.2) is 8.78 Å². The van der Waals surface area contributed by atoms with Gasteiger partial charge in [-0.1, -0.05) is 13.8 Å². The highest BCUT2D eigenvalue weighted by Crippen LogP contribution is 2.15. The zero-order valence-electron chi connectivity index (χ0n) is 9.59. The van der Waals surface area contributed by atoms with Crippen molar-refractivity contribution in [2.24, 2.45) is 5.92 Å². The van der Waals surface area contributed by atoms with E-state index in [2.05, 4.69) is 5.32 Å². The van der Waals surface area contributed by atoms with Gasteiger partial charge >= 0.3 is 0 Å². The molecule has 0 amide bonds. The molecule has 1 saturated heterocycles. The van der Waals surface area contributed by atoms with Crippen LogP contribution < -0.4 is 5.32 Å². The SMILES string of the molecule is CC(C)/C(=C/NC1COC1)C(=N)CC(F)F.